The van der Waals surface area contributed by atoms with Gasteiger partial charge in [-0.05, 0) is 12.8 Å². The lowest BCUT2D eigenvalue weighted by atomic mass is 10.1. The second-order valence-corrected chi connectivity index (χ2v) is 4.90. The Morgan fingerprint density at radius 3 is 2.27 bits per heavy atom. The van der Waals surface area contributed by atoms with E-state index in [0.29, 0.717) is 12.8 Å². The summed E-state index contributed by atoms with van der Waals surface area (Å²) in [4.78, 5) is 35.0. The van der Waals surface area contributed by atoms with Gasteiger partial charge in [0.25, 0.3) is 0 Å². The second kappa shape index (κ2) is 3.52. The first kappa shape index (κ1) is 10.5. The van der Waals surface area contributed by atoms with Crippen LogP contribution in [0, 0.1) is 0 Å². The molecule has 0 unspecified atom stereocenters. The van der Waals surface area contributed by atoms with Crippen molar-refractivity contribution in [2.75, 3.05) is 11.5 Å². The third-order valence-electron chi connectivity index (χ3n) is 2.73. The molecule has 2 aliphatic rings. The molecule has 0 bridgehead atoms. The first-order valence-corrected chi connectivity index (χ1v) is 5.86. The molecule has 15 heavy (non-hydrogen) atoms. The molecule has 1 N–H and O–H groups in total. The normalized spacial score (nSPS) is 24.1. The van der Waals surface area contributed by atoms with Gasteiger partial charge < -0.3 is 5.11 Å². The number of carbonyl (C=O) groups is 3. The monoisotopic (exact) mass is 229 g/mol. The third kappa shape index (κ3) is 1.86. The van der Waals surface area contributed by atoms with Crippen molar-refractivity contribution in [3.8, 4) is 0 Å². The third-order valence-corrected chi connectivity index (χ3v) is 3.63. The van der Waals surface area contributed by atoms with E-state index >= 15 is 0 Å². The Kier molecular flexibility index (Phi) is 2.46. The van der Waals surface area contributed by atoms with Gasteiger partial charge in [0.2, 0.25) is 11.8 Å². The minimum atomic E-state index is -0.952. The molecule has 5 nitrogen and oxygen atoms in total. The first-order chi connectivity index (χ1) is 7.05. The van der Waals surface area contributed by atoms with Gasteiger partial charge in [0.1, 0.15) is 0 Å². The highest BCUT2D eigenvalue weighted by Crippen LogP contribution is 2.46. The lowest BCUT2D eigenvalue weighted by molar-refractivity contribution is -0.148. The highest BCUT2D eigenvalue weighted by atomic mass is 32.2. The summed E-state index contributed by atoms with van der Waals surface area (Å²) in [5.41, 5.74) is -0.693. The minimum absolute atomic E-state index is 0.116. The maximum atomic E-state index is 11.6. The van der Waals surface area contributed by atoms with Crippen LogP contribution in [0.2, 0.25) is 0 Å². The summed E-state index contributed by atoms with van der Waals surface area (Å²) in [6.07, 6.45) is 1.14. The van der Waals surface area contributed by atoms with E-state index in [-0.39, 0.29) is 29.7 Å². The van der Waals surface area contributed by atoms with E-state index in [9.17, 15) is 14.4 Å². The number of carboxylic acid groups (broad SMARTS) is 1. The minimum Gasteiger partial charge on any atom is -0.481 e. The summed E-state index contributed by atoms with van der Waals surface area (Å²) in [6.45, 7) is 0. The van der Waals surface area contributed by atoms with Crippen LogP contribution < -0.4 is 0 Å². The molecule has 6 heteroatoms. The molecule has 1 aliphatic heterocycles. The lowest BCUT2D eigenvalue weighted by Gasteiger charge is -2.31. The number of carboxylic acids is 1. The van der Waals surface area contributed by atoms with E-state index in [1.54, 1.807) is 0 Å². The second-order valence-electron chi connectivity index (χ2n) is 3.91. The molecule has 2 rings (SSSR count). The van der Waals surface area contributed by atoms with Crippen LogP contribution in [0.3, 0.4) is 0 Å². The van der Waals surface area contributed by atoms with Crippen molar-refractivity contribution >= 4 is 29.5 Å². The zero-order valence-corrected chi connectivity index (χ0v) is 8.88. The summed E-state index contributed by atoms with van der Waals surface area (Å²) < 4.78 is 0. The van der Waals surface area contributed by atoms with Gasteiger partial charge in [-0.3, -0.25) is 19.3 Å². The fourth-order valence-corrected chi connectivity index (χ4v) is 2.64. The van der Waals surface area contributed by atoms with Crippen molar-refractivity contribution in [2.45, 2.75) is 24.8 Å². The molecule has 82 valence electrons. The van der Waals surface area contributed by atoms with Gasteiger partial charge in [0.05, 0.1) is 23.5 Å². The molecule has 1 aliphatic carbocycles. The maximum absolute atomic E-state index is 11.6. The van der Waals surface area contributed by atoms with Gasteiger partial charge in [0.15, 0.2) is 0 Å². The van der Waals surface area contributed by atoms with Crippen molar-refractivity contribution in [3.05, 3.63) is 0 Å². The first-order valence-electron chi connectivity index (χ1n) is 4.71. The summed E-state index contributed by atoms with van der Waals surface area (Å²) in [5, 5.41) is 8.74. The molecule has 1 saturated heterocycles. The van der Waals surface area contributed by atoms with Crippen LogP contribution in [0.4, 0.5) is 0 Å². The Hall–Kier alpha value is -1.04. The smallest absolute Gasteiger partial charge is 0.305 e. The van der Waals surface area contributed by atoms with Gasteiger partial charge >= 0.3 is 5.97 Å². The molecular weight excluding hydrogens is 218 g/mol. The number of aliphatic carboxylic acids is 1. The van der Waals surface area contributed by atoms with Crippen LogP contribution in [0.5, 0.6) is 0 Å². The van der Waals surface area contributed by atoms with Gasteiger partial charge in [-0.25, -0.2) is 0 Å². The summed E-state index contributed by atoms with van der Waals surface area (Å²) in [7, 11) is 0. The molecule has 2 amide bonds. The number of carbonyl (C=O) groups excluding carboxylic acids is 2. The molecule has 0 spiro atoms. The number of imide groups is 1. The molecular formula is C9H11NO4S. The van der Waals surface area contributed by atoms with E-state index in [4.69, 9.17) is 5.11 Å². The quantitative estimate of drug-likeness (QED) is 0.694. The van der Waals surface area contributed by atoms with Crippen LogP contribution in [-0.2, 0) is 14.4 Å². The fourth-order valence-electron chi connectivity index (χ4n) is 1.93. The van der Waals surface area contributed by atoms with Crippen molar-refractivity contribution in [2.24, 2.45) is 0 Å². The average Bonchev–Trinajstić information content (AvgIpc) is 2.83. The predicted octanol–water partition coefficient (Wildman–Crippen LogP) is 0.0957. The maximum Gasteiger partial charge on any atom is 0.305 e. The van der Waals surface area contributed by atoms with Gasteiger partial charge in [-0.2, -0.15) is 0 Å². The van der Waals surface area contributed by atoms with Gasteiger partial charge in [-0.1, -0.05) is 0 Å². The zero-order valence-electron chi connectivity index (χ0n) is 8.06. The van der Waals surface area contributed by atoms with E-state index < -0.39 is 11.5 Å². The topological polar surface area (TPSA) is 74.7 Å². The number of nitrogens with zero attached hydrogens (tertiary/aromatic N) is 1. The van der Waals surface area contributed by atoms with Crippen LogP contribution in [0.25, 0.3) is 0 Å². The van der Waals surface area contributed by atoms with E-state index in [2.05, 4.69) is 0 Å². The van der Waals surface area contributed by atoms with Crippen molar-refractivity contribution in [3.63, 3.8) is 0 Å². The average molecular weight is 229 g/mol. The molecule has 0 aromatic rings. The molecule has 0 atom stereocenters. The van der Waals surface area contributed by atoms with E-state index in [1.165, 1.54) is 16.7 Å². The van der Waals surface area contributed by atoms with Crippen LogP contribution in [0.1, 0.15) is 19.3 Å². The number of hydrogen-bond donors (Lipinski definition) is 1. The number of rotatable bonds is 3. The van der Waals surface area contributed by atoms with Gasteiger partial charge in [-0.15, -0.1) is 11.8 Å². The Balaban J connectivity index is 2.17. The Labute approximate surface area is 90.8 Å². The fraction of sp³-hybridized carbons (Fsp3) is 0.667. The standard InChI is InChI=1S/C9H11NO4S/c11-6-4-15-5-7(12)10(6)9(1-2-9)3-8(13)14/h1-5H2,(H,13,14). The molecule has 0 aromatic heterocycles. The Bertz CT molecular complexity index is 321. The van der Waals surface area contributed by atoms with E-state index in [0.717, 1.165) is 0 Å². The van der Waals surface area contributed by atoms with Gasteiger partial charge in [0, 0.05) is 0 Å². The molecule has 1 saturated carbocycles. The molecule has 1 heterocycles. The van der Waals surface area contributed by atoms with Crippen LogP contribution in [-0.4, -0.2) is 44.8 Å². The van der Waals surface area contributed by atoms with Crippen LogP contribution in [0.15, 0.2) is 0 Å². The highest BCUT2D eigenvalue weighted by molar-refractivity contribution is 8.00. The summed E-state index contributed by atoms with van der Waals surface area (Å²) in [5.74, 6) is -0.864. The molecule has 2 fully saturated rings. The number of hydrogen-bond acceptors (Lipinski definition) is 4. The Morgan fingerprint density at radius 1 is 1.33 bits per heavy atom. The molecule has 0 radical (unpaired) electrons. The van der Waals surface area contributed by atoms with Crippen molar-refractivity contribution in [1.29, 1.82) is 0 Å². The van der Waals surface area contributed by atoms with Crippen molar-refractivity contribution < 1.29 is 19.5 Å². The van der Waals surface area contributed by atoms with E-state index in [1.807, 2.05) is 0 Å². The number of amides is 2. The molecule has 0 aromatic carbocycles. The zero-order chi connectivity index (χ0) is 11.1. The van der Waals surface area contributed by atoms with Crippen LogP contribution >= 0.6 is 11.8 Å². The summed E-state index contributed by atoms with van der Waals surface area (Å²) >= 11 is 1.29. The SMILES string of the molecule is O=C(O)CC1(N2C(=O)CSCC2=O)CC1. The predicted molar refractivity (Wildman–Crippen MR) is 53.4 cm³/mol. The Morgan fingerprint density at radius 2 is 1.87 bits per heavy atom. The van der Waals surface area contributed by atoms with Crippen molar-refractivity contribution in [1.82, 2.24) is 4.90 Å². The highest BCUT2D eigenvalue weighted by Gasteiger charge is 2.54. The number of thioether (sulfide) groups is 1. The lowest BCUT2D eigenvalue weighted by Crippen LogP contribution is -2.51. The largest absolute Gasteiger partial charge is 0.481 e. The summed E-state index contributed by atoms with van der Waals surface area (Å²) in [6, 6.07) is 0.